The largest absolute Gasteiger partial charge is 0.495 e. The molecular formula is C35H47N7O4. The maximum absolute atomic E-state index is 13.8. The minimum absolute atomic E-state index is 0.0888. The fourth-order valence-corrected chi connectivity index (χ4v) is 6.54. The highest BCUT2D eigenvalue weighted by Gasteiger charge is 2.41. The quantitative estimate of drug-likeness (QED) is 0.362. The number of methoxy groups -OCH3 is 1. The predicted octanol–water partition coefficient (Wildman–Crippen LogP) is 3.20. The number of carbonyl (C=O) groups excluding carboxylic acids is 2. The number of hydrogen-bond donors (Lipinski definition) is 2. The third-order valence-corrected chi connectivity index (χ3v) is 9.21. The lowest BCUT2D eigenvalue weighted by Crippen LogP contribution is -2.63. The van der Waals surface area contributed by atoms with Gasteiger partial charge in [-0.25, -0.2) is 4.99 Å². The summed E-state index contributed by atoms with van der Waals surface area (Å²) in [5.41, 5.74) is 8.72. The molecule has 0 aromatic heterocycles. The number of carbonyl (C=O) groups is 2. The zero-order valence-electron chi connectivity index (χ0n) is 27.1. The normalized spacial score (nSPS) is 22.4. The number of unbranched alkanes of at least 4 members (excludes halogenated alkanes) is 1. The van der Waals surface area contributed by atoms with Crippen molar-refractivity contribution < 1.29 is 19.1 Å². The number of hydrogen-bond acceptors (Lipinski definition) is 9. The first kappa shape index (κ1) is 33.2. The first-order chi connectivity index (χ1) is 22.4. The Labute approximate surface area is 272 Å². The molecule has 0 bridgehead atoms. The molecule has 2 aromatic carbocycles. The van der Waals surface area contributed by atoms with Gasteiger partial charge in [-0.05, 0) is 75.5 Å². The van der Waals surface area contributed by atoms with Crippen molar-refractivity contribution in [2.75, 3.05) is 46.4 Å². The number of piperazine rings is 1. The molecule has 4 atom stereocenters. The van der Waals surface area contributed by atoms with E-state index in [1.54, 1.807) is 23.1 Å². The summed E-state index contributed by atoms with van der Waals surface area (Å²) >= 11 is 0. The first-order valence-corrected chi connectivity index (χ1v) is 16.6. The van der Waals surface area contributed by atoms with Crippen LogP contribution >= 0.6 is 0 Å². The van der Waals surface area contributed by atoms with Crippen LogP contribution in [0.4, 0.5) is 0 Å². The highest BCUT2D eigenvalue weighted by Crippen LogP contribution is 2.30. The average molecular weight is 630 g/mol. The fourth-order valence-electron chi connectivity index (χ4n) is 6.54. The van der Waals surface area contributed by atoms with Gasteiger partial charge in [0.2, 0.25) is 11.8 Å². The number of ether oxygens (including phenoxy) is 2. The van der Waals surface area contributed by atoms with Crippen molar-refractivity contribution in [2.24, 2.45) is 10.7 Å². The fraction of sp³-hybridized carbons (Fsp3) is 0.543. The Bertz CT molecular complexity index is 1410. The molecule has 0 spiro atoms. The minimum Gasteiger partial charge on any atom is -0.495 e. The molecule has 11 heteroatoms. The summed E-state index contributed by atoms with van der Waals surface area (Å²) in [5, 5.41) is 12.3. The molecule has 5 rings (SSSR count). The van der Waals surface area contributed by atoms with Crippen molar-refractivity contribution in [3.8, 4) is 11.8 Å². The first-order valence-electron chi connectivity index (χ1n) is 16.6. The molecule has 0 saturated carbocycles. The Hall–Kier alpha value is -4.14. The molecule has 2 unspecified atom stereocenters. The molecule has 3 N–H and O–H groups in total. The van der Waals surface area contributed by atoms with Crippen molar-refractivity contribution >= 4 is 17.8 Å². The van der Waals surface area contributed by atoms with Crippen LogP contribution in [-0.4, -0.2) is 97.0 Å². The maximum atomic E-state index is 13.8. The van der Waals surface area contributed by atoms with Crippen LogP contribution in [0.3, 0.4) is 0 Å². The standard InChI is InChI=1S/C35H47N7O4/c1-25-32(27-11-5-3-6-12-27)46-35(39-25)41-19-20-42(34(44)29(37)13-7-10-18-40-16-8-4-9-17-40)30(24-41)33(43)38-23-26-14-15-28(22-36)31(21-26)45-2/h3,5-6,11-12,14-15,21,25,29-30,32H,4,7-10,13,16-20,23-24,37H2,1-2H3,(H,38,43)/t25-,29?,30?,32+/m0/s1. The highest BCUT2D eigenvalue weighted by molar-refractivity contribution is 5.91. The summed E-state index contributed by atoms with van der Waals surface area (Å²) in [7, 11) is 1.51. The van der Waals surface area contributed by atoms with E-state index >= 15 is 0 Å². The van der Waals surface area contributed by atoms with Gasteiger partial charge in [-0.3, -0.25) is 9.59 Å². The van der Waals surface area contributed by atoms with E-state index in [9.17, 15) is 14.9 Å². The molecule has 2 amide bonds. The highest BCUT2D eigenvalue weighted by atomic mass is 16.5. The van der Waals surface area contributed by atoms with E-state index in [2.05, 4.69) is 16.3 Å². The third-order valence-electron chi connectivity index (χ3n) is 9.21. The van der Waals surface area contributed by atoms with Crippen molar-refractivity contribution in [2.45, 2.75) is 76.2 Å². The summed E-state index contributed by atoms with van der Waals surface area (Å²) in [4.78, 5) is 38.4. The van der Waals surface area contributed by atoms with Gasteiger partial charge in [-0.2, -0.15) is 5.26 Å². The lowest BCUT2D eigenvalue weighted by molar-refractivity contribution is -0.144. The second-order valence-corrected chi connectivity index (χ2v) is 12.5. The number of amidine groups is 1. The molecule has 11 nitrogen and oxygen atoms in total. The smallest absolute Gasteiger partial charge is 0.288 e. The van der Waals surface area contributed by atoms with E-state index < -0.39 is 12.1 Å². The van der Waals surface area contributed by atoms with Crippen LogP contribution in [0.25, 0.3) is 0 Å². The van der Waals surface area contributed by atoms with E-state index in [1.165, 1.54) is 26.4 Å². The average Bonchev–Trinajstić information content (AvgIpc) is 3.50. The molecule has 3 aliphatic heterocycles. The number of likely N-dealkylation sites (tertiary alicyclic amines) is 1. The molecule has 46 heavy (non-hydrogen) atoms. The second-order valence-electron chi connectivity index (χ2n) is 12.5. The van der Waals surface area contributed by atoms with Gasteiger partial charge in [0.1, 0.15) is 24.0 Å². The Balaban J connectivity index is 1.24. The molecule has 0 aliphatic carbocycles. The van der Waals surface area contributed by atoms with E-state index in [1.807, 2.05) is 42.2 Å². The van der Waals surface area contributed by atoms with Gasteiger partial charge in [-0.1, -0.05) is 49.2 Å². The van der Waals surface area contributed by atoms with E-state index in [0.717, 1.165) is 43.6 Å². The minimum atomic E-state index is -0.779. The number of nitrogens with one attached hydrogen (secondary N) is 1. The van der Waals surface area contributed by atoms with Crippen molar-refractivity contribution in [1.29, 1.82) is 5.26 Å². The lowest BCUT2D eigenvalue weighted by Gasteiger charge is -2.41. The molecule has 2 aromatic rings. The van der Waals surface area contributed by atoms with Gasteiger partial charge >= 0.3 is 0 Å². The molecule has 2 saturated heterocycles. The Morgan fingerprint density at radius 2 is 1.89 bits per heavy atom. The predicted molar refractivity (Wildman–Crippen MR) is 176 cm³/mol. The maximum Gasteiger partial charge on any atom is 0.288 e. The molecule has 2 fully saturated rings. The Morgan fingerprint density at radius 3 is 2.63 bits per heavy atom. The van der Waals surface area contributed by atoms with E-state index in [4.69, 9.17) is 20.2 Å². The number of aliphatic imine (C=N–C) groups is 1. The number of benzene rings is 2. The Kier molecular flexibility index (Phi) is 11.5. The number of nitrogens with two attached hydrogens (primary N) is 1. The molecule has 0 radical (unpaired) electrons. The lowest BCUT2D eigenvalue weighted by atomic mass is 10.0. The molecule has 3 aliphatic rings. The van der Waals surface area contributed by atoms with Gasteiger partial charge in [0.15, 0.2) is 0 Å². The van der Waals surface area contributed by atoms with Gasteiger partial charge in [0, 0.05) is 19.6 Å². The van der Waals surface area contributed by atoms with Crippen LogP contribution in [-0.2, 0) is 20.9 Å². The van der Waals surface area contributed by atoms with Crippen LogP contribution in [0.1, 0.15) is 68.2 Å². The summed E-state index contributed by atoms with van der Waals surface area (Å²) < 4.78 is 11.7. The van der Waals surface area contributed by atoms with Gasteiger partial charge in [0.25, 0.3) is 6.02 Å². The van der Waals surface area contributed by atoms with Crippen LogP contribution in [0.2, 0.25) is 0 Å². The number of rotatable bonds is 11. The van der Waals surface area contributed by atoms with Crippen molar-refractivity contribution in [3.05, 3.63) is 65.2 Å². The number of piperidine rings is 1. The van der Waals surface area contributed by atoms with Crippen molar-refractivity contribution in [1.82, 2.24) is 20.0 Å². The summed E-state index contributed by atoms with van der Waals surface area (Å²) in [5.74, 6) is -0.0489. The zero-order valence-corrected chi connectivity index (χ0v) is 27.1. The van der Waals surface area contributed by atoms with Crippen LogP contribution in [0.5, 0.6) is 5.75 Å². The van der Waals surface area contributed by atoms with Crippen LogP contribution in [0.15, 0.2) is 53.5 Å². The topological polar surface area (TPSA) is 137 Å². The molecule has 3 heterocycles. The van der Waals surface area contributed by atoms with Crippen molar-refractivity contribution in [3.63, 3.8) is 0 Å². The van der Waals surface area contributed by atoms with E-state index in [0.29, 0.717) is 36.8 Å². The second kappa shape index (κ2) is 15.9. The number of amides is 2. The summed E-state index contributed by atoms with van der Waals surface area (Å²) in [6, 6.07) is 16.2. The molecular weight excluding hydrogens is 582 g/mol. The zero-order chi connectivity index (χ0) is 32.5. The number of nitrogens with zero attached hydrogens (tertiary/aromatic N) is 5. The third kappa shape index (κ3) is 8.17. The Morgan fingerprint density at radius 1 is 1.11 bits per heavy atom. The van der Waals surface area contributed by atoms with Crippen LogP contribution in [0, 0.1) is 11.3 Å². The van der Waals surface area contributed by atoms with Gasteiger partial charge in [-0.15, -0.1) is 0 Å². The van der Waals surface area contributed by atoms with Crippen LogP contribution < -0.4 is 15.8 Å². The van der Waals surface area contributed by atoms with Gasteiger partial charge < -0.3 is 35.2 Å². The monoisotopic (exact) mass is 629 g/mol. The molecule has 246 valence electrons. The number of nitriles is 1. The van der Waals surface area contributed by atoms with E-state index in [-0.39, 0.29) is 37.0 Å². The van der Waals surface area contributed by atoms with Gasteiger partial charge in [0.05, 0.1) is 31.3 Å². The SMILES string of the molecule is COc1cc(CNC(=O)C2CN(C3=N[C@@H](C)[C@H](c4ccccc4)O3)CCN2C(=O)C(N)CCCCN2CCCCC2)ccc1C#N. The summed E-state index contributed by atoms with van der Waals surface area (Å²) in [6.07, 6.45) is 6.07. The summed E-state index contributed by atoms with van der Waals surface area (Å²) in [6.45, 7) is 6.63.